The second-order valence-corrected chi connectivity index (χ2v) is 8.33. The van der Waals surface area contributed by atoms with Crippen molar-refractivity contribution >= 4 is 16.9 Å². The molecule has 1 aliphatic heterocycles. The minimum Gasteiger partial charge on any atom is -0.379 e. The van der Waals surface area contributed by atoms with Gasteiger partial charge in [-0.25, -0.2) is 4.79 Å². The number of benzene rings is 1. The van der Waals surface area contributed by atoms with Crippen LogP contribution in [0.15, 0.2) is 40.1 Å². The summed E-state index contributed by atoms with van der Waals surface area (Å²) in [6.45, 7) is 8.08. The van der Waals surface area contributed by atoms with Crippen LogP contribution in [-0.4, -0.2) is 60.8 Å². The first kappa shape index (κ1) is 20.7. The summed E-state index contributed by atoms with van der Waals surface area (Å²) in [6.07, 6.45) is 2.89. The summed E-state index contributed by atoms with van der Waals surface area (Å²) >= 11 is 0. The molecule has 4 aromatic rings. The van der Waals surface area contributed by atoms with Crippen molar-refractivity contribution in [2.45, 2.75) is 26.8 Å². The average molecular weight is 437 g/mol. The zero-order valence-corrected chi connectivity index (χ0v) is 18.7. The molecule has 9 nitrogen and oxygen atoms in total. The van der Waals surface area contributed by atoms with Crippen LogP contribution in [-0.2, 0) is 24.8 Å². The van der Waals surface area contributed by atoms with Crippen LogP contribution in [0.25, 0.3) is 22.6 Å². The van der Waals surface area contributed by atoms with E-state index in [0.29, 0.717) is 43.2 Å². The van der Waals surface area contributed by atoms with E-state index in [1.165, 1.54) is 14.7 Å². The summed E-state index contributed by atoms with van der Waals surface area (Å²) in [7, 11) is 1.68. The van der Waals surface area contributed by atoms with Crippen LogP contribution in [0.1, 0.15) is 18.2 Å². The van der Waals surface area contributed by atoms with Gasteiger partial charge in [-0.15, -0.1) is 0 Å². The molecular weight excluding hydrogens is 408 g/mol. The lowest BCUT2D eigenvalue weighted by Crippen LogP contribution is -2.44. The molecule has 0 bridgehead atoms. The number of rotatable bonds is 5. The monoisotopic (exact) mass is 436 g/mol. The van der Waals surface area contributed by atoms with E-state index in [1.54, 1.807) is 7.05 Å². The molecule has 0 atom stereocenters. The molecule has 0 radical (unpaired) electrons. The summed E-state index contributed by atoms with van der Waals surface area (Å²) in [5, 5.41) is 0. The predicted octanol–water partition coefficient (Wildman–Crippen LogP) is 1.34. The maximum atomic E-state index is 13.4. The highest BCUT2D eigenvalue weighted by molar-refractivity contribution is 5.76. The standard InChI is InChI=1S/C23H28N6O3/c1-4-17-5-7-18(8-6-17)29-16(2)15-28-19-20(24-22(28)29)25(3)23(31)27(21(19)30)10-9-26-11-13-32-14-12-26/h5-8,15H,4,9-14H2,1-3H3. The second kappa shape index (κ2) is 8.07. The fraction of sp³-hybridized carbons (Fsp3) is 0.435. The van der Waals surface area contributed by atoms with E-state index in [0.717, 1.165) is 30.9 Å². The molecule has 1 saturated heterocycles. The number of imidazole rings is 2. The molecule has 0 aliphatic carbocycles. The molecule has 0 N–H and O–H groups in total. The van der Waals surface area contributed by atoms with Crippen LogP contribution < -0.4 is 11.2 Å². The third-order valence-corrected chi connectivity index (χ3v) is 6.37. The van der Waals surface area contributed by atoms with Gasteiger partial charge in [0.2, 0.25) is 5.78 Å². The highest BCUT2D eigenvalue weighted by Gasteiger charge is 2.21. The lowest BCUT2D eigenvalue weighted by Gasteiger charge is -2.26. The predicted molar refractivity (Wildman–Crippen MR) is 123 cm³/mol. The van der Waals surface area contributed by atoms with Gasteiger partial charge in [-0.05, 0) is 31.0 Å². The minimum absolute atomic E-state index is 0.303. The van der Waals surface area contributed by atoms with Crippen molar-refractivity contribution in [1.29, 1.82) is 0 Å². The fourth-order valence-electron chi connectivity index (χ4n) is 4.47. The van der Waals surface area contributed by atoms with Gasteiger partial charge in [-0.2, -0.15) is 4.98 Å². The summed E-state index contributed by atoms with van der Waals surface area (Å²) in [6, 6.07) is 8.32. The SMILES string of the molecule is CCc1ccc(-n2c(C)cn3c4c(=O)n(CCN5CCOCC5)c(=O)n(C)c4nc23)cc1. The van der Waals surface area contributed by atoms with Gasteiger partial charge >= 0.3 is 5.69 Å². The molecule has 0 saturated carbocycles. The summed E-state index contributed by atoms with van der Waals surface area (Å²) in [5.41, 5.74) is 3.38. The van der Waals surface area contributed by atoms with Crippen molar-refractivity contribution in [2.24, 2.45) is 7.05 Å². The highest BCUT2D eigenvalue weighted by Crippen LogP contribution is 2.21. The van der Waals surface area contributed by atoms with E-state index in [4.69, 9.17) is 9.72 Å². The fourth-order valence-corrected chi connectivity index (χ4v) is 4.47. The van der Waals surface area contributed by atoms with Crippen molar-refractivity contribution < 1.29 is 4.74 Å². The van der Waals surface area contributed by atoms with Gasteiger partial charge in [0.25, 0.3) is 5.56 Å². The van der Waals surface area contributed by atoms with Crippen LogP contribution in [0.3, 0.4) is 0 Å². The normalized spacial score (nSPS) is 15.2. The second-order valence-electron chi connectivity index (χ2n) is 8.33. The van der Waals surface area contributed by atoms with Crippen molar-refractivity contribution in [2.75, 3.05) is 32.8 Å². The lowest BCUT2D eigenvalue weighted by molar-refractivity contribution is 0.0361. The minimum atomic E-state index is -0.341. The van der Waals surface area contributed by atoms with E-state index >= 15 is 0 Å². The number of hydrogen-bond acceptors (Lipinski definition) is 5. The Kier molecular flexibility index (Phi) is 5.22. The maximum absolute atomic E-state index is 13.4. The summed E-state index contributed by atoms with van der Waals surface area (Å²) in [4.78, 5) is 33.4. The van der Waals surface area contributed by atoms with Gasteiger partial charge < -0.3 is 4.74 Å². The summed E-state index contributed by atoms with van der Waals surface area (Å²) in [5.74, 6) is 0.625. The first-order valence-corrected chi connectivity index (χ1v) is 11.1. The zero-order valence-electron chi connectivity index (χ0n) is 18.7. The molecule has 0 spiro atoms. The molecule has 0 unspecified atom stereocenters. The van der Waals surface area contributed by atoms with Gasteiger partial charge in [-0.3, -0.25) is 27.8 Å². The smallest absolute Gasteiger partial charge is 0.332 e. The Labute approximate surface area is 185 Å². The average Bonchev–Trinajstić information content (AvgIpc) is 3.33. The Balaban J connectivity index is 1.64. The number of aryl methyl sites for hydroxylation is 3. The number of aromatic nitrogens is 5. The van der Waals surface area contributed by atoms with E-state index in [9.17, 15) is 9.59 Å². The number of morpholine rings is 1. The summed E-state index contributed by atoms with van der Waals surface area (Å²) < 4.78 is 12.0. The molecule has 9 heteroatoms. The molecule has 1 aromatic carbocycles. The van der Waals surface area contributed by atoms with Gasteiger partial charge in [0, 0.05) is 50.8 Å². The molecule has 32 heavy (non-hydrogen) atoms. The number of hydrogen-bond donors (Lipinski definition) is 0. The largest absolute Gasteiger partial charge is 0.379 e. The van der Waals surface area contributed by atoms with Crippen LogP contribution in [0.5, 0.6) is 0 Å². The Morgan fingerprint density at radius 1 is 1.06 bits per heavy atom. The Bertz CT molecular complexity index is 1400. The lowest BCUT2D eigenvalue weighted by atomic mass is 10.1. The molecule has 1 aliphatic rings. The third-order valence-electron chi connectivity index (χ3n) is 6.37. The number of ether oxygens (including phenoxy) is 1. The number of fused-ring (bicyclic) bond motifs is 3. The Hall–Kier alpha value is -3.17. The zero-order chi connectivity index (χ0) is 22.4. The van der Waals surface area contributed by atoms with E-state index < -0.39 is 0 Å². The van der Waals surface area contributed by atoms with E-state index in [-0.39, 0.29) is 11.2 Å². The van der Waals surface area contributed by atoms with E-state index in [1.807, 2.05) is 22.1 Å². The molecule has 0 amide bonds. The quantitative estimate of drug-likeness (QED) is 0.472. The van der Waals surface area contributed by atoms with Gasteiger partial charge in [0.1, 0.15) is 0 Å². The molecular formula is C23H28N6O3. The Morgan fingerprint density at radius 2 is 1.78 bits per heavy atom. The van der Waals surface area contributed by atoms with Gasteiger partial charge in [0.05, 0.1) is 13.2 Å². The van der Waals surface area contributed by atoms with Crippen molar-refractivity contribution in [1.82, 2.24) is 28.0 Å². The topological polar surface area (TPSA) is 78.7 Å². The van der Waals surface area contributed by atoms with Crippen LogP contribution in [0.4, 0.5) is 0 Å². The van der Waals surface area contributed by atoms with Crippen LogP contribution in [0, 0.1) is 6.92 Å². The highest BCUT2D eigenvalue weighted by atomic mass is 16.5. The maximum Gasteiger partial charge on any atom is 0.332 e. The van der Waals surface area contributed by atoms with E-state index in [2.05, 4.69) is 36.1 Å². The van der Waals surface area contributed by atoms with Gasteiger partial charge in [-0.1, -0.05) is 19.1 Å². The van der Waals surface area contributed by atoms with Crippen LogP contribution >= 0.6 is 0 Å². The Morgan fingerprint density at radius 3 is 2.47 bits per heavy atom. The van der Waals surface area contributed by atoms with Crippen molar-refractivity contribution in [3.05, 3.63) is 62.6 Å². The molecule has 5 rings (SSSR count). The molecule has 4 heterocycles. The molecule has 168 valence electrons. The molecule has 3 aromatic heterocycles. The molecule has 1 fully saturated rings. The van der Waals surface area contributed by atoms with Crippen molar-refractivity contribution in [3.63, 3.8) is 0 Å². The van der Waals surface area contributed by atoms with Gasteiger partial charge in [0.15, 0.2) is 11.2 Å². The van der Waals surface area contributed by atoms with Crippen LogP contribution in [0.2, 0.25) is 0 Å². The van der Waals surface area contributed by atoms with Crippen molar-refractivity contribution in [3.8, 4) is 5.69 Å². The first-order valence-electron chi connectivity index (χ1n) is 11.1. The number of nitrogens with zero attached hydrogens (tertiary/aromatic N) is 6. The first-order chi connectivity index (χ1) is 15.5. The third kappa shape index (κ3) is 3.28.